The number of non-ortho nitro benzene ring substituents is 1. The molecule has 8 heteroatoms. The number of ether oxygens (including phenoxy) is 4. The van der Waals surface area contributed by atoms with Crippen molar-refractivity contribution >= 4 is 11.8 Å². The largest absolute Gasteiger partial charge is 0.514 e. The number of benzene rings is 1. The molecule has 0 radical (unpaired) electrons. The zero-order chi connectivity index (χ0) is 33.5. The molecule has 0 fully saturated rings. The maximum Gasteiger partial charge on any atom is 0.514 e. The first-order valence-electron chi connectivity index (χ1n) is 18.8. The molecule has 0 spiro atoms. The molecule has 0 bridgehead atoms. The number of hydrogen-bond donors (Lipinski definition) is 0. The fraction of sp³-hybridized carbons (Fsp3) is 0.816. The number of hydrogen-bond acceptors (Lipinski definition) is 7. The van der Waals surface area contributed by atoms with Crippen LogP contribution in [-0.2, 0) is 14.2 Å². The summed E-state index contributed by atoms with van der Waals surface area (Å²) in [4.78, 5) is 22.8. The minimum atomic E-state index is -0.894. The third kappa shape index (κ3) is 24.0. The topological polar surface area (TPSA) is 97.1 Å². The van der Waals surface area contributed by atoms with Gasteiger partial charge in [0.1, 0.15) is 5.75 Å². The molecule has 0 aliphatic carbocycles. The lowest BCUT2D eigenvalue weighted by molar-refractivity contribution is -0.384. The Kier molecular flexibility index (Phi) is 27.4. The fourth-order valence-electron chi connectivity index (χ4n) is 5.57. The van der Waals surface area contributed by atoms with E-state index in [0.717, 1.165) is 25.7 Å². The van der Waals surface area contributed by atoms with Crippen molar-refractivity contribution in [2.45, 2.75) is 187 Å². The van der Waals surface area contributed by atoms with Gasteiger partial charge in [0.15, 0.2) is 12.4 Å². The van der Waals surface area contributed by atoms with Crippen LogP contribution >= 0.6 is 0 Å². The average molecular weight is 650 g/mol. The second kappa shape index (κ2) is 30.2. The second-order valence-electron chi connectivity index (χ2n) is 12.8. The highest BCUT2D eigenvalue weighted by Crippen LogP contribution is 2.19. The van der Waals surface area contributed by atoms with Gasteiger partial charge < -0.3 is 18.9 Å². The van der Waals surface area contributed by atoms with E-state index in [2.05, 4.69) is 13.8 Å². The standard InChI is InChI=1S/C38H67NO7/c1-4-6-8-10-12-14-16-18-20-22-24-26-32-43-37(44-33-27-25-23-21-19-17-15-13-11-9-7-5-2)34(3)45-38(40)46-36-30-28-35(29-31-36)39(41)42/h28-31,34,37H,4-27,32-33H2,1-3H3. The van der Waals surface area contributed by atoms with Crippen molar-refractivity contribution < 1.29 is 28.7 Å². The molecule has 0 heterocycles. The predicted molar refractivity (Wildman–Crippen MR) is 188 cm³/mol. The maximum atomic E-state index is 12.4. The van der Waals surface area contributed by atoms with Crippen LogP contribution in [0.1, 0.15) is 175 Å². The van der Waals surface area contributed by atoms with Crippen LogP contribution in [0, 0.1) is 10.1 Å². The number of carbonyl (C=O) groups is 1. The molecule has 1 aromatic carbocycles. The van der Waals surface area contributed by atoms with E-state index in [1.54, 1.807) is 6.92 Å². The summed E-state index contributed by atoms with van der Waals surface area (Å²) in [6.07, 6.45) is 28.4. The Balaban J connectivity index is 2.33. The molecule has 1 atom stereocenters. The minimum absolute atomic E-state index is 0.0773. The highest BCUT2D eigenvalue weighted by molar-refractivity contribution is 5.64. The third-order valence-electron chi connectivity index (χ3n) is 8.47. The van der Waals surface area contributed by atoms with Gasteiger partial charge in [-0.15, -0.1) is 0 Å². The van der Waals surface area contributed by atoms with E-state index in [0.29, 0.717) is 13.2 Å². The van der Waals surface area contributed by atoms with Gasteiger partial charge in [0, 0.05) is 25.3 Å². The summed E-state index contributed by atoms with van der Waals surface area (Å²) in [5.74, 6) is 0.175. The monoisotopic (exact) mass is 649 g/mol. The van der Waals surface area contributed by atoms with Crippen molar-refractivity contribution in [3.63, 3.8) is 0 Å². The van der Waals surface area contributed by atoms with E-state index in [9.17, 15) is 14.9 Å². The minimum Gasteiger partial charge on any atom is -0.426 e. The molecule has 46 heavy (non-hydrogen) atoms. The van der Waals surface area contributed by atoms with E-state index < -0.39 is 23.5 Å². The first-order chi connectivity index (χ1) is 22.5. The number of nitro groups is 1. The van der Waals surface area contributed by atoms with Crippen LogP contribution in [0.4, 0.5) is 10.5 Å². The quantitative estimate of drug-likeness (QED) is 0.0191. The van der Waals surface area contributed by atoms with Crippen molar-refractivity contribution in [2.75, 3.05) is 13.2 Å². The summed E-state index contributed by atoms with van der Waals surface area (Å²) in [5, 5.41) is 10.9. The van der Waals surface area contributed by atoms with Crippen LogP contribution in [0.2, 0.25) is 0 Å². The van der Waals surface area contributed by atoms with Gasteiger partial charge in [-0.05, 0) is 31.9 Å². The van der Waals surface area contributed by atoms with Crippen molar-refractivity contribution in [3.8, 4) is 5.75 Å². The molecule has 1 aromatic rings. The highest BCUT2D eigenvalue weighted by atomic mass is 16.8. The van der Waals surface area contributed by atoms with Crippen molar-refractivity contribution in [1.82, 2.24) is 0 Å². The van der Waals surface area contributed by atoms with Gasteiger partial charge in [0.05, 0.1) is 4.92 Å². The lowest BCUT2D eigenvalue weighted by atomic mass is 10.1. The van der Waals surface area contributed by atoms with Gasteiger partial charge in [-0.3, -0.25) is 10.1 Å². The molecule has 0 aliphatic rings. The summed E-state index contributed by atoms with van der Waals surface area (Å²) >= 11 is 0. The molecule has 1 unspecified atom stereocenters. The number of nitrogens with zero attached hydrogens (tertiary/aromatic N) is 1. The van der Waals surface area contributed by atoms with Crippen LogP contribution in [0.3, 0.4) is 0 Å². The van der Waals surface area contributed by atoms with E-state index in [1.165, 1.54) is 153 Å². The van der Waals surface area contributed by atoms with Gasteiger partial charge in [0.25, 0.3) is 5.69 Å². The lowest BCUT2D eigenvalue weighted by Crippen LogP contribution is -2.35. The van der Waals surface area contributed by atoms with Gasteiger partial charge in [-0.2, -0.15) is 0 Å². The lowest BCUT2D eigenvalue weighted by Gasteiger charge is -2.24. The Morgan fingerprint density at radius 3 is 1.30 bits per heavy atom. The van der Waals surface area contributed by atoms with E-state index in [-0.39, 0.29) is 11.4 Å². The third-order valence-corrected chi connectivity index (χ3v) is 8.47. The molecule has 0 aromatic heterocycles. The second-order valence-corrected chi connectivity index (χ2v) is 12.8. The molecule has 1 rings (SSSR count). The van der Waals surface area contributed by atoms with Gasteiger partial charge in [-0.25, -0.2) is 4.79 Å². The Hall–Kier alpha value is -2.19. The summed E-state index contributed by atoms with van der Waals surface area (Å²) in [6, 6.07) is 5.31. The zero-order valence-electron chi connectivity index (χ0n) is 29.7. The molecule has 0 amide bonds. The summed E-state index contributed by atoms with van der Waals surface area (Å²) in [5.41, 5.74) is -0.0773. The summed E-state index contributed by atoms with van der Waals surface area (Å²) in [7, 11) is 0. The number of rotatable bonds is 32. The SMILES string of the molecule is CCCCCCCCCCCCCCOC(OCCCCCCCCCCCCCC)C(C)OC(=O)Oc1ccc([N+](=O)[O-])cc1. The maximum absolute atomic E-state index is 12.4. The average Bonchev–Trinajstić information content (AvgIpc) is 3.04. The Morgan fingerprint density at radius 2 is 0.957 bits per heavy atom. The van der Waals surface area contributed by atoms with E-state index in [4.69, 9.17) is 18.9 Å². The molecule has 8 nitrogen and oxygen atoms in total. The molecule has 0 saturated heterocycles. The first kappa shape index (κ1) is 41.8. The molecule has 0 saturated carbocycles. The Bertz CT molecular complexity index is 818. The van der Waals surface area contributed by atoms with Crippen LogP contribution in [0.5, 0.6) is 5.75 Å². The first-order valence-corrected chi connectivity index (χ1v) is 18.8. The van der Waals surface area contributed by atoms with Gasteiger partial charge in [0.2, 0.25) is 0 Å². The van der Waals surface area contributed by atoms with Crippen molar-refractivity contribution in [2.24, 2.45) is 0 Å². The highest BCUT2D eigenvalue weighted by Gasteiger charge is 2.24. The Labute approximate surface area is 280 Å². The van der Waals surface area contributed by atoms with E-state index >= 15 is 0 Å². The molecule has 266 valence electrons. The number of unbranched alkanes of at least 4 members (excludes halogenated alkanes) is 22. The smallest absolute Gasteiger partial charge is 0.426 e. The Morgan fingerprint density at radius 1 is 0.609 bits per heavy atom. The van der Waals surface area contributed by atoms with Crippen LogP contribution in [-0.4, -0.2) is 36.7 Å². The van der Waals surface area contributed by atoms with Crippen molar-refractivity contribution in [1.29, 1.82) is 0 Å². The fourth-order valence-corrected chi connectivity index (χ4v) is 5.57. The number of carbonyl (C=O) groups excluding carboxylic acids is 1. The number of nitro benzene ring substituents is 1. The zero-order valence-corrected chi connectivity index (χ0v) is 29.7. The van der Waals surface area contributed by atoms with E-state index in [1.807, 2.05) is 0 Å². The molecule has 0 aliphatic heterocycles. The van der Waals surface area contributed by atoms with Gasteiger partial charge >= 0.3 is 6.16 Å². The normalized spacial score (nSPS) is 12.0. The van der Waals surface area contributed by atoms with Crippen molar-refractivity contribution in [3.05, 3.63) is 34.4 Å². The summed E-state index contributed by atoms with van der Waals surface area (Å²) < 4.78 is 22.8. The van der Waals surface area contributed by atoms with Crippen LogP contribution in [0.15, 0.2) is 24.3 Å². The predicted octanol–water partition coefficient (Wildman–Crippen LogP) is 12.3. The molecular weight excluding hydrogens is 582 g/mol. The summed E-state index contributed by atoms with van der Waals surface area (Å²) in [6.45, 7) is 7.36. The van der Waals surface area contributed by atoms with Crippen LogP contribution < -0.4 is 4.74 Å². The van der Waals surface area contributed by atoms with Gasteiger partial charge in [-0.1, -0.05) is 155 Å². The molecular formula is C38H67NO7. The van der Waals surface area contributed by atoms with Crippen LogP contribution in [0.25, 0.3) is 0 Å². The molecule has 0 N–H and O–H groups in total.